The molecular weight excluding hydrogens is 983 g/mol. The van der Waals surface area contributed by atoms with Gasteiger partial charge in [-0.3, -0.25) is 52.7 Å². The van der Waals surface area contributed by atoms with Gasteiger partial charge in [0.15, 0.2) is 0 Å². The number of amides is 11. The van der Waals surface area contributed by atoms with Crippen molar-refractivity contribution in [3.05, 3.63) is 52.2 Å². The van der Waals surface area contributed by atoms with Crippen LogP contribution in [0.5, 0.6) is 5.75 Å². The number of carbonyl (C=O) groups excluding carboxylic acids is 11. The molecule has 71 heavy (non-hydrogen) atoms. The lowest BCUT2D eigenvalue weighted by molar-refractivity contribution is -0.141. The Hall–Kier alpha value is -6.41. The van der Waals surface area contributed by atoms with Crippen LogP contribution in [-0.4, -0.2) is 136 Å². The molecule has 11 amide bonds. The van der Waals surface area contributed by atoms with Crippen molar-refractivity contribution in [1.29, 1.82) is 0 Å². The van der Waals surface area contributed by atoms with Crippen molar-refractivity contribution in [3.8, 4) is 5.75 Å². The molecule has 0 saturated carbocycles. The quantitative estimate of drug-likeness (QED) is 0.0677. The maximum absolute atomic E-state index is 14.7. The molecule has 0 radical (unpaired) electrons. The SMILES string of the molecule is CC[C@H](C)[C@@H]1NC(=O)[C@H](Cc2ccc(O)cc2)NC(=O)CCSSC[C@@H](C(=O)N(CC(=O)N[C@@H](CC(C)C)C(=O)NCC(N)=O)Cc2cccs2)NC(=O)[C@H](CC(N)=O)NC(=O)[C@H](CCC(N)=O)NC1=O. The molecular formula is C45H65N11O12S3. The molecule has 0 unspecified atom stereocenters. The van der Waals surface area contributed by atoms with Crippen LogP contribution in [0.25, 0.3) is 0 Å². The van der Waals surface area contributed by atoms with Crippen LogP contribution in [0, 0.1) is 11.8 Å². The predicted molar refractivity (Wildman–Crippen MR) is 266 cm³/mol. The Balaban J connectivity index is 2.08. The molecule has 14 N–H and O–H groups in total. The second-order valence-electron chi connectivity index (χ2n) is 17.3. The lowest BCUT2D eigenvalue weighted by Crippen LogP contribution is -2.61. The van der Waals surface area contributed by atoms with E-state index in [0.717, 1.165) is 26.5 Å². The number of rotatable bonds is 20. The van der Waals surface area contributed by atoms with Gasteiger partial charge in [0.25, 0.3) is 0 Å². The van der Waals surface area contributed by atoms with E-state index in [2.05, 4.69) is 37.2 Å². The number of thiophene rings is 1. The lowest BCUT2D eigenvalue weighted by atomic mass is 9.96. The van der Waals surface area contributed by atoms with Crippen molar-refractivity contribution in [2.75, 3.05) is 24.6 Å². The molecule has 26 heteroatoms. The largest absolute Gasteiger partial charge is 0.508 e. The summed E-state index contributed by atoms with van der Waals surface area (Å²) in [6.45, 7) is 5.79. The minimum Gasteiger partial charge on any atom is -0.508 e. The number of nitrogens with two attached hydrogens (primary N) is 3. The van der Waals surface area contributed by atoms with E-state index in [4.69, 9.17) is 17.2 Å². The zero-order valence-electron chi connectivity index (χ0n) is 40.0. The molecule has 1 aromatic carbocycles. The summed E-state index contributed by atoms with van der Waals surface area (Å²) < 4.78 is 0. The third kappa shape index (κ3) is 21.2. The number of nitrogens with zero attached hydrogens (tertiary/aromatic N) is 1. The van der Waals surface area contributed by atoms with Crippen LogP contribution in [0.4, 0.5) is 0 Å². The number of aromatic hydroxyl groups is 1. The van der Waals surface area contributed by atoms with Gasteiger partial charge >= 0.3 is 0 Å². The Morgan fingerprint density at radius 2 is 1.46 bits per heavy atom. The van der Waals surface area contributed by atoms with Gasteiger partial charge < -0.3 is 64.4 Å². The molecule has 1 aliphatic rings. The van der Waals surface area contributed by atoms with Crippen molar-refractivity contribution < 1.29 is 57.8 Å². The van der Waals surface area contributed by atoms with Gasteiger partial charge in [-0.05, 0) is 53.8 Å². The first kappa shape index (κ1) is 58.9. The Morgan fingerprint density at radius 3 is 2.07 bits per heavy atom. The number of benzene rings is 1. The molecule has 3 rings (SSSR count). The fraction of sp³-hybridized carbons (Fsp3) is 0.533. The smallest absolute Gasteiger partial charge is 0.246 e. The van der Waals surface area contributed by atoms with E-state index in [1.807, 2.05) is 13.8 Å². The molecule has 390 valence electrons. The highest BCUT2D eigenvalue weighted by molar-refractivity contribution is 8.76. The number of carbonyl (C=O) groups is 11. The van der Waals surface area contributed by atoms with E-state index in [1.54, 1.807) is 43.5 Å². The average molecular weight is 1050 g/mol. The average Bonchev–Trinajstić information content (AvgIpc) is 3.82. The van der Waals surface area contributed by atoms with Crippen LogP contribution in [0.1, 0.15) is 76.7 Å². The van der Waals surface area contributed by atoms with Crippen LogP contribution in [0.3, 0.4) is 0 Å². The van der Waals surface area contributed by atoms with E-state index in [9.17, 15) is 57.8 Å². The van der Waals surface area contributed by atoms with Gasteiger partial charge in [0.2, 0.25) is 65.0 Å². The molecule has 1 aromatic heterocycles. The summed E-state index contributed by atoms with van der Waals surface area (Å²) in [6.07, 6.45) is -1.30. The first-order valence-corrected chi connectivity index (χ1v) is 26.2. The van der Waals surface area contributed by atoms with Crippen molar-refractivity contribution in [3.63, 3.8) is 0 Å². The summed E-state index contributed by atoms with van der Waals surface area (Å²) in [6, 6.07) is 0.893. The van der Waals surface area contributed by atoms with E-state index < -0.39 is 139 Å². The van der Waals surface area contributed by atoms with E-state index in [1.165, 1.54) is 23.5 Å². The van der Waals surface area contributed by atoms with Crippen LogP contribution in [0.2, 0.25) is 0 Å². The van der Waals surface area contributed by atoms with Gasteiger partial charge in [0.1, 0.15) is 42.0 Å². The first-order valence-electron chi connectivity index (χ1n) is 22.8. The van der Waals surface area contributed by atoms with Crippen LogP contribution in [0.15, 0.2) is 41.8 Å². The molecule has 7 atom stereocenters. The number of phenolic OH excluding ortho intramolecular Hbond substituents is 1. The Bertz CT molecular complexity index is 2200. The minimum absolute atomic E-state index is 0.0301. The summed E-state index contributed by atoms with van der Waals surface area (Å²) in [5, 5.41) is 29.5. The maximum atomic E-state index is 14.7. The Labute approximate surface area is 423 Å². The molecule has 2 heterocycles. The Kier molecular flexibility index (Phi) is 24.6. The highest BCUT2D eigenvalue weighted by atomic mass is 33.1. The predicted octanol–water partition coefficient (Wildman–Crippen LogP) is -1.45. The summed E-state index contributed by atoms with van der Waals surface area (Å²) in [5.41, 5.74) is 16.7. The normalized spacial score (nSPS) is 20.6. The second kappa shape index (κ2) is 29.7. The van der Waals surface area contributed by atoms with Crippen molar-refractivity contribution in [2.45, 2.75) is 115 Å². The van der Waals surface area contributed by atoms with E-state index in [0.29, 0.717) is 16.9 Å². The first-order chi connectivity index (χ1) is 33.6. The van der Waals surface area contributed by atoms with Crippen molar-refractivity contribution >= 4 is 97.9 Å². The van der Waals surface area contributed by atoms with Gasteiger partial charge in [-0.1, -0.05) is 73.9 Å². The number of phenols is 1. The van der Waals surface area contributed by atoms with Gasteiger partial charge in [-0.25, -0.2) is 0 Å². The molecule has 1 fully saturated rings. The van der Waals surface area contributed by atoms with Crippen LogP contribution < -0.4 is 54.4 Å². The Morgan fingerprint density at radius 1 is 0.803 bits per heavy atom. The number of nitrogens with one attached hydrogen (secondary N) is 7. The molecule has 0 aliphatic carbocycles. The second-order valence-corrected chi connectivity index (χ2v) is 20.9. The number of hydrogen-bond acceptors (Lipinski definition) is 15. The zero-order chi connectivity index (χ0) is 52.8. The standard InChI is InChI=1S/C45H65N11O12S3/c1-5-25(4)39-44(67)52-29(12-13-34(46)58)41(64)53-32(19-35(47)59)42(65)54-33(23-71-70-16-14-37(61)50-31(43(66)55-39)18-26-8-10-27(57)11-9-26)45(68)56(21-28-7-6-15-69-28)22-38(62)51-30(17-24(2)3)40(63)49-20-36(48)60/h6-11,15,24-25,29-33,39,57H,5,12-14,16-23H2,1-4H3,(H2,46,58)(H2,47,59)(H2,48,60)(H,49,63)(H,50,61)(H,51,62)(H,52,67)(H,53,64)(H,54,65)(H,55,66)/t25-,29-,30-,31-,32-,33-,39-/m0/s1. The fourth-order valence-corrected chi connectivity index (χ4v) is 9.86. The topological polar surface area (TPSA) is 374 Å². The highest BCUT2D eigenvalue weighted by Crippen LogP contribution is 2.25. The summed E-state index contributed by atoms with van der Waals surface area (Å²) >= 11 is 1.27. The van der Waals surface area contributed by atoms with Crippen LogP contribution in [-0.2, 0) is 65.7 Å². The summed E-state index contributed by atoms with van der Waals surface area (Å²) in [7, 11) is 2.20. The van der Waals surface area contributed by atoms with Gasteiger partial charge in [0.05, 0.1) is 26.1 Å². The van der Waals surface area contributed by atoms with Crippen LogP contribution >= 0.6 is 32.9 Å². The maximum Gasteiger partial charge on any atom is 0.246 e. The van der Waals surface area contributed by atoms with E-state index in [-0.39, 0.29) is 49.0 Å². The third-order valence-corrected chi connectivity index (χ3v) is 14.2. The molecule has 1 saturated heterocycles. The molecule has 1 aliphatic heterocycles. The summed E-state index contributed by atoms with van der Waals surface area (Å²) in [4.78, 5) is 149. The molecule has 2 aromatic rings. The third-order valence-electron chi connectivity index (χ3n) is 10.9. The van der Waals surface area contributed by atoms with E-state index >= 15 is 0 Å². The van der Waals surface area contributed by atoms with Gasteiger partial charge in [0, 0.05) is 35.6 Å². The highest BCUT2D eigenvalue weighted by Gasteiger charge is 2.36. The van der Waals surface area contributed by atoms with Crippen molar-refractivity contribution in [1.82, 2.24) is 42.1 Å². The van der Waals surface area contributed by atoms with Gasteiger partial charge in [-0.15, -0.1) is 11.3 Å². The van der Waals surface area contributed by atoms with Gasteiger partial charge in [-0.2, -0.15) is 0 Å². The number of hydrogen-bond donors (Lipinski definition) is 11. The monoisotopic (exact) mass is 1050 g/mol. The minimum atomic E-state index is -1.76. The zero-order valence-corrected chi connectivity index (χ0v) is 42.4. The van der Waals surface area contributed by atoms with Crippen molar-refractivity contribution in [2.24, 2.45) is 29.0 Å². The number of primary amides is 3. The fourth-order valence-electron chi connectivity index (χ4n) is 6.99. The molecule has 23 nitrogen and oxygen atoms in total. The molecule has 0 spiro atoms. The summed E-state index contributed by atoms with van der Waals surface area (Å²) in [5.74, 6) is -10.0. The lowest BCUT2D eigenvalue weighted by Gasteiger charge is -2.30. The molecule has 0 bridgehead atoms.